The Kier molecular flexibility index (Phi) is 6.86. The average Bonchev–Trinajstić information content (AvgIpc) is 2.94. The van der Waals surface area contributed by atoms with Gasteiger partial charge in [-0.25, -0.2) is 0 Å². The minimum atomic E-state index is 0.423. The number of nitrogens with zero attached hydrogens (tertiary/aromatic N) is 4. The van der Waals surface area contributed by atoms with Crippen LogP contribution in [0.4, 0.5) is 0 Å². The van der Waals surface area contributed by atoms with E-state index in [0.29, 0.717) is 12.6 Å². The fourth-order valence-corrected chi connectivity index (χ4v) is 2.99. The van der Waals surface area contributed by atoms with Gasteiger partial charge in [0.15, 0.2) is 11.8 Å². The summed E-state index contributed by atoms with van der Waals surface area (Å²) in [5.41, 5.74) is 0. The van der Waals surface area contributed by atoms with Gasteiger partial charge >= 0.3 is 0 Å². The highest BCUT2D eigenvalue weighted by molar-refractivity contribution is 5.79. The maximum Gasteiger partial charge on any atom is 0.191 e. The Morgan fingerprint density at radius 3 is 2.78 bits per heavy atom. The first-order valence-corrected chi connectivity index (χ1v) is 8.98. The molecule has 1 aliphatic rings. The highest BCUT2D eigenvalue weighted by Gasteiger charge is 2.15. The van der Waals surface area contributed by atoms with Crippen molar-refractivity contribution in [3.63, 3.8) is 0 Å². The molecule has 2 heterocycles. The highest BCUT2D eigenvalue weighted by Crippen LogP contribution is 2.14. The molecule has 0 saturated heterocycles. The topological polar surface area (TPSA) is 67.1 Å². The summed E-state index contributed by atoms with van der Waals surface area (Å²) in [6.45, 7) is 8.48. The van der Waals surface area contributed by atoms with Gasteiger partial charge in [0.25, 0.3) is 0 Å². The Morgan fingerprint density at radius 2 is 2.04 bits per heavy atom. The molecule has 0 aromatic carbocycles. The van der Waals surface area contributed by atoms with E-state index in [4.69, 9.17) is 0 Å². The van der Waals surface area contributed by atoms with E-state index in [1.54, 1.807) is 0 Å². The number of aromatic nitrogens is 3. The van der Waals surface area contributed by atoms with Gasteiger partial charge in [0.2, 0.25) is 0 Å². The molecule has 0 saturated carbocycles. The van der Waals surface area contributed by atoms with E-state index in [2.05, 4.69) is 51.2 Å². The van der Waals surface area contributed by atoms with Crippen LogP contribution in [0.15, 0.2) is 4.99 Å². The molecule has 0 radical (unpaired) electrons. The van der Waals surface area contributed by atoms with Gasteiger partial charge < -0.3 is 15.2 Å². The molecule has 0 aliphatic carbocycles. The highest BCUT2D eigenvalue weighted by atomic mass is 15.3. The quantitative estimate of drug-likeness (QED) is 0.598. The molecule has 6 heteroatoms. The van der Waals surface area contributed by atoms with Crippen molar-refractivity contribution in [2.75, 3.05) is 7.05 Å². The normalized spacial score (nSPS) is 16.3. The second kappa shape index (κ2) is 8.89. The second-order valence-electron chi connectivity index (χ2n) is 6.94. The number of nitrogens with one attached hydrogen (secondary N) is 2. The van der Waals surface area contributed by atoms with Crippen LogP contribution in [0, 0.1) is 5.92 Å². The Labute approximate surface area is 140 Å². The molecule has 130 valence electrons. The van der Waals surface area contributed by atoms with Gasteiger partial charge in [-0.05, 0) is 32.1 Å². The number of fused-ring (bicyclic) bond motifs is 1. The third-order valence-electron chi connectivity index (χ3n) is 4.38. The molecule has 1 atom stereocenters. The largest absolute Gasteiger partial charge is 0.354 e. The van der Waals surface area contributed by atoms with Crippen LogP contribution < -0.4 is 10.6 Å². The van der Waals surface area contributed by atoms with Crippen LogP contribution in [0.5, 0.6) is 0 Å². The molecule has 1 aromatic rings. The van der Waals surface area contributed by atoms with Gasteiger partial charge in [-0.2, -0.15) is 0 Å². The third-order valence-corrected chi connectivity index (χ3v) is 4.38. The summed E-state index contributed by atoms with van der Waals surface area (Å²) in [6.07, 6.45) is 7.19. The number of rotatable bonds is 7. The average molecular weight is 320 g/mol. The van der Waals surface area contributed by atoms with E-state index in [-0.39, 0.29) is 0 Å². The smallest absolute Gasteiger partial charge is 0.191 e. The van der Waals surface area contributed by atoms with E-state index in [9.17, 15) is 0 Å². The van der Waals surface area contributed by atoms with Crippen LogP contribution in [-0.4, -0.2) is 33.8 Å². The zero-order chi connectivity index (χ0) is 16.7. The maximum atomic E-state index is 4.32. The molecule has 0 spiro atoms. The van der Waals surface area contributed by atoms with Crippen LogP contribution in [0.3, 0.4) is 0 Å². The van der Waals surface area contributed by atoms with Gasteiger partial charge in [-0.15, -0.1) is 10.2 Å². The molecule has 1 unspecified atom stereocenters. The molecule has 2 rings (SSSR count). The summed E-state index contributed by atoms with van der Waals surface area (Å²) in [5, 5.41) is 15.4. The van der Waals surface area contributed by atoms with Gasteiger partial charge in [0.1, 0.15) is 5.82 Å². The SMILES string of the molecule is CN=C(NCc1nnc2n1CCCC2)NC(C)CCCC(C)C. The number of guanidine groups is 1. The standard InChI is InChI=1S/C17H32N6/c1-13(2)8-7-9-14(3)20-17(18-4)19-12-16-22-21-15-10-5-6-11-23(15)16/h13-14H,5-12H2,1-4H3,(H2,18,19,20). The van der Waals surface area contributed by atoms with Crippen LogP contribution in [-0.2, 0) is 19.5 Å². The number of aliphatic imine (C=N–C) groups is 1. The third kappa shape index (κ3) is 5.52. The molecule has 1 aliphatic heterocycles. The molecule has 2 N–H and O–H groups in total. The lowest BCUT2D eigenvalue weighted by atomic mass is 10.0. The van der Waals surface area contributed by atoms with Crippen LogP contribution >= 0.6 is 0 Å². The molecule has 0 fully saturated rings. The number of hydrogen-bond acceptors (Lipinski definition) is 3. The maximum absolute atomic E-state index is 4.32. The Bertz CT molecular complexity index is 505. The van der Waals surface area contributed by atoms with Gasteiger partial charge in [-0.3, -0.25) is 4.99 Å². The molecular formula is C17H32N6. The summed E-state index contributed by atoms with van der Waals surface area (Å²) in [7, 11) is 1.81. The molecule has 0 amide bonds. The number of aryl methyl sites for hydroxylation is 1. The van der Waals surface area contributed by atoms with Crippen molar-refractivity contribution in [1.29, 1.82) is 0 Å². The first kappa shape index (κ1) is 17.8. The Hall–Kier alpha value is -1.59. The minimum absolute atomic E-state index is 0.423. The summed E-state index contributed by atoms with van der Waals surface area (Å²) in [4.78, 5) is 4.32. The van der Waals surface area contributed by atoms with Crippen LogP contribution in [0.25, 0.3) is 0 Å². The second-order valence-corrected chi connectivity index (χ2v) is 6.94. The Balaban J connectivity index is 1.78. The fraction of sp³-hybridized carbons (Fsp3) is 0.824. The predicted octanol–water partition coefficient (Wildman–Crippen LogP) is 2.49. The van der Waals surface area contributed by atoms with Gasteiger partial charge in [0, 0.05) is 26.1 Å². The van der Waals surface area contributed by atoms with E-state index < -0.39 is 0 Å². The molecule has 23 heavy (non-hydrogen) atoms. The first-order valence-electron chi connectivity index (χ1n) is 8.98. The number of hydrogen-bond donors (Lipinski definition) is 2. The van der Waals surface area contributed by atoms with Crippen molar-refractivity contribution < 1.29 is 0 Å². The van der Waals surface area contributed by atoms with Crippen molar-refractivity contribution >= 4 is 5.96 Å². The lowest BCUT2D eigenvalue weighted by molar-refractivity contribution is 0.488. The molecule has 0 bridgehead atoms. The predicted molar refractivity (Wildman–Crippen MR) is 94.4 cm³/mol. The van der Waals surface area contributed by atoms with E-state index in [1.807, 2.05) is 7.05 Å². The van der Waals surface area contributed by atoms with Gasteiger partial charge in [-0.1, -0.05) is 26.7 Å². The van der Waals surface area contributed by atoms with Crippen molar-refractivity contribution in [2.45, 2.75) is 78.4 Å². The summed E-state index contributed by atoms with van der Waals surface area (Å²) < 4.78 is 2.25. The van der Waals surface area contributed by atoms with Crippen LogP contribution in [0.2, 0.25) is 0 Å². The van der Waals surface area contributed by atoms with Crippen molar-refractivity contribution in [1.82, 2.24) is 25.4 Å². The molecular weight excluding hydrogens is 288 g/mol. The zero-order valence-electron chi connectivity index (χ0n) is 15.1. The summed E-state index contributed by atoms with van der Waals surface area (Å²) in [5.74, 6) is 3.75. The lowest BCUT2D eigenvalue weighted by Gasteiger charge is -2.19. The van der Waals surface area contributed by atoms with Gasteiger partial charge in [0.05, 0.1) is 6.54 Å². The van der Waals surface area contributed by atoms with E-state index in [0.717, 1.165) is 36.5 Å². The zero-order valence-corrected chi connectivity index (χ0v) is 15.1. The first-order chi connectivity index (χ1) is 11.1. The minimum Gasteiger partial charge on any atom is -0.354 e. The van der Waals surface area contributed by atoms with Crippen molar-refractivity contribution in [3.05, 3.63) is 11.6 Å². The van der Waals surface area contributed by atoms with E-state index in [1.165, 1.54) is 32.1 Å². The van der Waals surface area contributed by atoms with Crippen LogP contribution in [0.1, 0.15) is 64.5 Å². The lowest BCUT2D eigenvalue weighted by Crippen LogP contribution is -2.42. The van der Waals surface area contributed by atoms with Crippen molar-refractivity contribution in [2.24, 2.45) is 10.9 Å². The monoisotopic (exact) mass is 320 g/mol. The van der Waals surface area contributed by atoms with E-state index >= 15 is 0 Å². The summed E-state index contributed by atoms with van der Waals surface area (Å²) >= 11 is 0. The Morgan fingerprint density at radius 1 is 1.22 bits per heavy atom. The molecule has 1 aromatic heterocycles. The molecule has 6 nitrogen and oxygen atoms in total. The fourth-order valence-electron chi connectivity index (χ4n) is 2.99. The summed E-state index contributed by atoms with van der Waals surface area (Å²) in [6, 6.07) is 0.423. The van der Waals surface area contributed by atoms with Crippen molar-refractivity contribution in [3.8, 4) is 0 Å².